The first kappa shape index (κ1) is 61.7. The zero-order valence-corrected chi connectivity index (χ0v) is 50.9. The Morgan fingerprint density at radius 1 is 0.512 bits per heavy atom. The molecule has 6 amide bonds. The van der Waals surface area contributed by atoms with Crippen LogP contribution in [-0.2, 0) is 51.5 Å². The number of benzene rings is 4. The number of hydrogen-bond donors (Lipinski definition) is 6. The lowest BCUT2D eigenvalue weighted by Gasteiger charge is -2.35. The van der Waals surface area contributed by atoms with Crippen molar-refractivity contribution in [1.29, 1.82) is 0 Å². The van der Waals surface area contributed by atoms with Crippen LogP contribution in [0, 0.1) is 11.8 Å². The van der Waals surface area contributed by atoms with E-state index in [1.165, 1.54) is 0 Å². The van der Waals surface area contributed by atoms with Crippen LogP contribution in [0.3, 0.4) is 0 Å². The van der Waals surface area contributed by atoms with E-state index < -0.39 is 48.5 Å². The maximum Gasteiger partial charge on any atom is 0.247 e. The number of amides is 6. The fourth-order valence-corrected chi connectivity index (χ4v) is 13.4. The maximum atomic E-state index is 14.9. The lowest BCUT2D eigenvalue weighted by Crippen LogP contribution is -2.57. The van der Waals surface area contributed by atoms with Crippen LogP contribution in [-0.4, -0.2) is 140 Å². The van der Waals surface area contributed by atoms with Crippen molar-refractivity contribution in [3.05, 3.63) is 120 Å². The Morgan fingerprint density at radius 3 is 1.24 bits per heavy atom. The molecule has 4 aromatic carbocycles. The number of ether oxygens (including phenoxy) is 2. The minimum Gasteiger partial charge on any atom is -0.372 e. The largest absolute Gasteiger partial charge is 0.372 e. The highest BCUT2D eigenvalue weighted by Gasteiger charge is 2.47. The van der Waals surface area contributed by atoms with Gasteiger partial charge < -0.3 is 51.2 Å². The van der Waals surface area contributed by atoms with Gasteiger partial charge >= 0.3 is 0 Å². The van der Waals surface area contributed by atoms with Crippen LogP contribution in [0.25, 0.3) is 33.6 Å². The normalized spacial score (nSPS) is 20.6. The Morgan fingerprint density at radius 2 is 0.884 bits per heavy atom. The highest BCUT2D eigenvalue weighted by molar-refractivity contribution is 7.11. The zero-order chi connectivity index (χ0) is 60.1. The van der Waals surface area contributed by atoms with E-state index in [1.54, 1.807) is 37.7 Å². The third-order valence-corrected chi connectivity index (χ3v) is 18.8. The van der Waals surface area contributed by atoms with Crippen molar-refractivity contribution in [1.82, 2.24) is 50.2 Å². The molecule has 2 aromatic heterocycles. The molecule has 2 saturated carbocycles. The topological polar surface area (TPSA) is 251 Å². The van der Waals surface area contributed by atoms with Crippen molar-refractivity contribution < 1.29 is 38.2 Å². The summed E-state index contributed by atoms with van der Waals surface area (Å²) >= 11 is 2.15. The van der Waals surface area contributed by atoms with Gasteiger partial charge in [-0.2, -0.15) is 0 Å². The number of hydrogen-bond acceptors (Lipinski definition) is 16. The van der Waals surface area contributed by atoms with E-state index in [0.29, 0.717) is 21.4 Å². The van der Waals surface area contributed by atoms with Gasteiger partial charge in [-0.1, -0.05) is 157 Å². The van der Waals surface area contributed by atoms with Crippen LogP contribution in [0.15, 0.2) is 109 Å². The van der Waals surface area contributed by atoms with Crippen molar-refractivity contribution in [3.63, 3.8) is 0 Å². The number of nitrogens with zero attached hydrogens (tertiary/aromatic N) is 6. The van der Waals surface area contributed by atoms with Crippen molar-refractivity contribution in [3.8, 4) is 33.6 Å². The summed E-state index contributed by atoms with van der Waals surface area (Å²) in [5, 5.41) is 27.8. The first-order valence-electron chi connectivity index (χ1n) is 30.2. The molecule has 10 rings (SSSR count). The molecule has 0 spiro atoms. The molecule has 8 atom stereocenters. The molecular formula is C64H78N12O8S2. The van der Waals surface area contributed by atoms with Gasteiger partial charge in [0.2, 0.25) is 35.4 Å². The van der Waals surface area contributed by atoms with Crippen molar-refractivity contribution >= 4 is 68.5 Å². The molecule has 2 aliphatic heterocycles. The Kier molecular flexibility index (Phi) is 21.1. The predicted molar refractivity (Wildman–Crippen MR) is 331 cm³/mol. The summed E-state index contributed by atoms with van der Waals surface area (Å²) < 4.78 is 21.4. The third-order valence-electron chi connectivity index (χ3n) is 17.5. The number of nitrogens with one attached hydrogen (secondary N) is 6. The molecule has 454 valence electrons. The molecule has 1 unspecified atom stereocenters. The molecule has 2 saturated heterocycles. The van der Waals surface area contributed by atoms with E-state index in [0.717, 1.165) is 121 Å². The molecular weight excluding hydrogens is 1130 g/mol. The van der Waals surface area contributed by atoms with Crippen LogP contribution in [0.5, 0.6) is 0 Å². The van der Waals surface area contributed by atoms with Gasteiger partial charge in [-0.25, -0.2) is 0 Å². The highest BCUT2D eigenvalue weighted by atomic mass is 32.1. The summed E-state index contributed by atoms with van der Waals surface area (Å²) in [5.74, 6) is -1.99. The second-order valence-corrected chi connectivity index (χ2v) is 24.7. The van der Waals surface area contributed by atoms with Crippen LogP contribution in [0.1, 0.15) is 102 Å². The van der Waals surface area contributed by atoms with E-state index >= 15 is 0 Å². The highest BCUT2D eigenvalue weighted by Crippen LogP contribution is 2.36. The van der Waals surface area contributed by atoms with Gasteiger partial charge in [0.25, 0.3) is 0 Å². The quantitative estimate of drug-likeness (QED) is 0.0356. The summed E-state index contributed by atoms with van der Waals surface area (Å²) in [6.07, 6.45) is 8.77. The molecule has 4 fully saturated rings. The number of likely N-dealkylation sites (tertiary alicyclic amines) is 2. The number of rotatable bonds is 23. The Balaban J connectivity index is 0.793. The molecule has 0 bridgehead atoms. The lowest BCUT2D eigenvalue weighted by atomic mass is 9.83. The minimum atomic E-state index is -0.877. The van der Waals surface area contributed by atoms with E-state index in [-0.39, 0.29) is 86.4 Å². The molecule has 6 N–H and O–H groups in total. The number of carbonyl (C=O) groups is 6. The van der Waals surface area contributed by atoms with Gasteiger partial charge in [0.15, 0.2) is 0 Å². The average molecular weight is 1210 g/mol. The summed E-state index contributed by atoms with van der Waals surface area (Å²) in [5.41, 5.74) is 6.50. The molecule has 4 aliphatic rings. The third kappa shape index (κ3) is 15.1. The number of likely N-dealkylation sites (N-methyl/N-ethyl adjacent to an activating group) is 2. The number of anilines is 2. The molecule has 20 nitrogen and oxygen atoms in total. The predicted octanol–water partition coefficient (Wildman–Crippen LogP) is 7.99. The second kappa shape index (κ2) is 29.4. The molecule has 6 aromatic rings. The van der Waals surface area contributed by atoms with Gasteiger partial charge in [0.1, 0.15) is 45.6 Å². The molecule has 4 heterocycles. The van der Waals surface area contributed by atoms with Crippen molar-refractivity contribution in [2.75, 3.05) is 37.8 Å². The van der Waals surface area contributed by atoms with Crippen LogP contribution < -0.4 is 31.9 Å². The molecule has 86 heavy (non-hydrogen) atoms. The van der Waals surface area contributed by atoms with Gasteiger partial charge in [-0.3, -0.25) is 28.8 Å². The SMILES string of the molecule is CN[C@@H](C)C(=O)N[C@H](C(=O)N1CC(OCc2ccc(-c3ccc(CO[C@H]4C[C@@H](C(=O)Nc5snnc5-c5ccccc5)N(C(=O)[C@@H](NC(=O)[C@H](C)NC)C5CCCCC5)C4)cc3)cc2)C[C@H]1C(=O)Nc1snnc1-c1ccccc1)C1CCCCC1. The number of aromatic nitrogens is 4. The Bertz CT molecular complexity index is 3030. The molecule has 2 aliphatic carbocycles. The summed E-state index contributed by atoms with van der Waals surface area (Å²) in [6.45, 7) is 4.34. The summed E-state index contributed by atoms with van der Waals surface area (Å²) in [7, 11) is 3.42. The smallest absolute Gasteiger partial charge is 0.247 e. The first-order chi connectivity index (χ1) is 41.8. The average Bonchev–Trinajstić information content (AvgIpc) is 3.94. The fourth-order valence-electron chi connectivity index (χ4n) is 12.2. The van der Waals surface area contributed by atoms with Crippen molar-refractivity contribution in [2.24, 2.45) is 11.8 Å². The van der Waals surface area contributed by atoms with Gasteiger partial charge in [-0.05, 0) is 87.7 Å². The minimum absolute atomic E-state index is 0.0638. The van der Waals surface area contributed by atoms with Crippen LogP contribution >= 0.6 is 23.1 Å². The van der Waals surface area contributed by atoms with Gasteiger partial charge in [0, 0.05) is 60.1 Å². The fraction of sp³-hybridized carbons (Fsp3) is 0.469. The Labute approximate surface area is 510 Å². The van der Waals surface area contributed by atoms with Gasteiger partial charge in [-0.15, -0.1) is 10.2 Å². The molecule has 0 radical (unpaired) electrons. The maximum absolute atomic E-state index is 14.9. The molecule has 22 heteroatoms. The Hall–Kier alpha value is -7.34. The van der Waals surface area contributed by atoms with Crippen LogP contribution in [0.2, 0.25) is 0 Å². The van der Waals surface area contributed by atoms with E-state index in [1.807, 2.05) is 109 Å². The standard InChI is InChI=1S/C64H78N12O8S2/c1-39(65-3)57(77)67-55(47-21-13-7-14-22-47)63(81)75-35-49(33-51(75)59(79)69-61-53(71-73-85-61)45-17-9-5-10-18-45)83-37-41-25-29-43(30-26-41)44-31-27-42(28-32-44)38-84-50-34-52(60(80)70-62-54(72-74-86-62)46-19-11-6-12-20-46)76(36-50)64(82)56(48-23-15-8-16-24-48)68-58(78)40(2)66-4/h5-6,9-12,17-20,25-32,39-40,47-52,55-56,65-66H,7-8,13-16,21-24,33-38H2,1-4H3,(H,67,77)(H,68,78)(H,69,79)(H,70,80)/t39-,40-,49-,50?,51-,52-,55-,56-/m0/s1. The second-order valence-electron chi connectivity index (χ2n) is 23.1. The number of carbonyl (C=O) groups excluding carboxylic acids is 6. The van der Waals surface area contributed by atoms with Crippen molar-refractivity contribution in [2.45, 2.75) is 153 Å². The van der Waals surface area contributed by atoms with E-state index in [4.69, 9.17) is 9.47 Å². The zero-order valence-electron chi connectivity index (χ0n) is 49.2. The van der Waals surface area contributed by atoms with Gasteiger partial charge in [0.05, 0.1) is 37.5 Å². The van der Waals surface area contributed by atoms with Crippen LogP contribution in [0.4, 0.5) is 10.0 Å². The van der Waals surface area contributed by atoms with E-state index in [9.17, 15) is 28.8 Å². The first-order valence-corrected chi connectivity index (χ1v) is 31.7. The summed E-state index contributed by atoms with van der Waals surface area (Å²) in [6, 6.07) is 30.8. The lowest BCUT2D eigenvalue weighted by molar-refractivity contribution is -0.142. The summed E-state index contributed by atoms with van der Waals surface area (Å²) in [4.78, 5) is 88.5. The van der Waals surface area contributed by atoms with E-state index in [2.05, 4.69) is 51.1 Å². The monoisotopic (exact) mass is 1210 g/mol.